The molecule has 2 aromatic heterocycles. The summed E-state index contributed by atoms with van der Waals surface area (Å²) in [7, 11) is 1.62. The predicted molar refractivity (Wildman–Crippen MR) is 73.2 cm³/mol. The normalized spacial score (nSPS) is 12.4. The van der Waals surface area contributed by atoms with Crippen molar-refractivity contribution in [2.75, 3.05) is 12.4 Å². The summed E-state index contributed by atoms with van der Waals surface area (Å²) in [5.41, 5.74) is 0.883. The molecule has 0 saturated carbocycles. The predicted octanol–water partition coefficient (Wildman–Crippen LogP) is 2.19. The average Bonchev–Trinajstić information content (AvgIpc) is 2.82. The first kappa shape index (κ1) is 14.4. The van der Waals surface area contributed by atoms with Crippen LogP contribution in [0.4, 0.5) is 5.82 Å². The molecule has 0 bridgehead atoms. The van der Waals surface area contributed by atoms with Gasteiger partial charge in [0.15, 0.2) is 11.6 Å². The summed E-state index contributed by atoms with van der Waals surface area (Å²) in [6, 6.07) is 1.84. The Morgan fingerprint density at radius 3 is 2.70 bits per heavy atom. The Bertz CT molecular complexity index is 570. The van der Waals surface area contributed by atoms with Gasteiger partial charge >= 0.3 is 0 Å². The van der Waals surface area contributed by atoms with Crippen molar-refractivity contribution in [1.82, 2.24) is 20.1 Å². The molecule has 0 fully saturated rings. The van der Waals surface area contributed by atoms with Crippen LogP contribution in [0.1, 0.15) is 42.6 Å². The van der Waals surface area contributed by atoms with Crippen molar-refractivity contribution in [3.05, 3.63) is 29.3 Å². The highest BCUT2D eigenvalue weighted by molar-refractivity contribution is 5.37. The quantitative estimate of drug-likeness (QED) is 0.866. The van der Waals surface area contributed by atoms with Crippen molar-refractivity contribution in [3.8, 4) is 0 Å². The van der Waals surface area contributed by atoms with Gasteiger partial charge in [-0.05, 0) is 13.3 Å². The Hall–Kier alpha value is -2.02. The first-order valence-electron chi connectivity index (χ1n) is 6.52. The van der Waals surface area contributed by atoms with Gasteiger partial charge in [0.25, 0.3) is 0 Å². The number of rotatable bonds is 6. The molecule has 108 valence electrons. The number of aromatic nitrogens is 4. The van der Waals surface area contributed by atoms with Crippen LogP contribution in [-0.4, -0.2) is 27.2 Å². The minimum absolute atomic E-state index is 0.0443. The number of nitrogens with zero attached hydrogens (tertiary/aromatic N) is 4. The molecule has 2 rings (SSSR count). The van der Waals surface area contributed by atoms with Crippen molar-refractivity contribution in [1.29, 1.82) is 0 Å². The Kier molecular flexibility index (Phi) is 4.62. The van der Waals surface area contributed by atoms with Gasteiger partial charge in [-0.15, -0.1) is 0 Å². The van der Waals surface area contributed by atoms with Crippen LogP contribution < -0.4 is 5.32 Å². The molecule has 1 N–H and O–H groups in total. The molecule has 0 aliphatic carbocycles. The average molecular weight is 277 g/mol. The summed E-state index contributed by atoms with van der Waals surface area (Å²) in [5, 5.41) is 7.25. The Balaban J connectivity index is 2.18. The third-order valence-electron chi connectivity index (χ3n) is 2.76. The number of ether oxygens (including phenoxy) is 1. The van der Waals surface area contributed by atoms with E-state index in [0.29, 0.717) is 24.1 Å². The molecule has 0 aliphatic rings. The fourth-order valence-electron chi connectivity index (χ4n) is 1.88. The van der Waals surface area contributed by atoms with Gasteiger partial charge in [-0.1, -0.05) is 12.1 Å². The third kappa shape index (κ3) is 3.51. The number of hydrogen-bond donors (Lipinski definition) is 1. The maximum Gasteiger partial charge on any atom is 0.223 e. The van der Waals surface area contributed by atoms with Crippen LogP contribution in [-0.2, 0) is 11.3 Å². The molecule has 7 nitrogen and oxygen atoms in total. The molecule has 1 unspecified atom stereocenters. The molecule has 0 radical (unpaired) electrons. The van der Waals surface area contributed by atoms with Gasteiger partial charge in [-0.3, -0.25) is 0 Å². The first-order chi connectivity index (χ1) is 9.62. The summed E-state index contributed by atoms with van der Waals surface area (Å²) < 4.78 is 10.1. The zero-order valence-electron chi connectivity index (χ0n) is 12.2. The number of anilines is 1. The van der Waals surface area contributed by atoms with Crippen LogP contribution in [0, 0.1) is 13.8 Å². The fraction of sp³-hybridized carbons (Fsp3) is 0.538. The molecule has 0 saturated heterocycles. The lowest BCUT2D eigenvalue weighted by Gasteiger charge is -2.14. The lowest BCUT2D eigenvalue weighted by molar-refractivity contribution is 0.177. The maximum absolute atomic E-state index is 5.06. The molecular formula is C13H19N5O2. The van der Waals surface area contributed by atoms with E-state index in [2.05, 4.69) is 25.4 Å². The van der Waals surface area contributed by atoms with Crippen LogP contribution in [0.15, 0.2) is 10.6 Å². The van der Waals surface area contributed by atoms with E-state index in [0.717, 1.165) is 17.9 Å². The minimum Gasteiger partial charge on any atom is -0.377 e. The summed E-state index contributed by atoms with van der Waals surface area (Å²) in [6.45, 7) is 6.13. The van der Waals surface area contributed by atoms with Gasteiger partial charge in [0.05, 0.1) is 6.04 Å². The number of aryl methyl sites for hydroxylation is 2. The fourth-order valence-corrected chi connectivity index (χ4v) is 1.88. The molecule has 0 aliphatic heterocycles. The smallest absolute Gasteiger partial charge is 0.223 e. The molecular weight excluding hydrogens is 258 g/mol. The summed E-state index contributed by atoms with van der Waals surface area (Å²) in [4.78, 5) is 13.0. The molecule has 7 heteroatoms. The van der Waals surface area contributed by atoms with Crippen molar-refractivity contribution < 1.29 is 9.26 Å². The van der Waals surface area contributed by atoms with Crippen molar-refractivity contribution in [2.45, 2.75) is 39.8 Å². The summed E-state index contributed by atoms with van der Waals surface area (Å²) >= 11 is 0. The second kappa shape index (κ2) is 6.42. The number of methoxy groups -OCH3 is 1. The van der Waals surface area contributed by atoms with E-state index in [4.69, 9.17) is 9.26 Å². The van der Waals surface area contributed by atoms with Gasteiger partial charge in [0.1, 0.15) is 12.4 Å². The van der Waals surface area contributed by atoms with Gasteiger partial charge in [-0.2, -0.15) is 4.98 Å². The highest BCUT2D eigenvalue weighted by Crippen LogP contribution is 2.19. The number of nitrogens with one attached hydrogen (secondary N) is 1. The molecule has 2 aromatic rings. The molecule has 0 aromatic carbocycles. The standard InChI is InChI=1S/C13H19N5O2/c1-5-10(13-15-9(3)20-18-13)16-11-6-8(2)14-12(17-11)7-19-4/h6,10H,5,7H2,1-4H3,(H,14,16,17). The maximum atomic E-state index is 5.06. The van der Waals surface area contributed by atoms with E-state index in [1.54, 1.807) is 14.0 Å². The second-order valence-electron chi connectivity index (χ2n) is 4.52. The minimum atomic E-state index is -0.0443. The van der Waals surface area contributed by atoms with Crippen LogP contribution in [0.3, 0.4) is 0 Å². The Labute approximate surface area is 117 Å². The second-order valence-corrected chi connectivity index (χ2v) is 4.52. The van der Waals surface area contributed by atoms with Crippen LogP contribution >= 0.6 is 0 Å². The zero-order valence-corrected chi connectivity index (χ0v) is 12.2. The largest absolute Gasteiger partial charge is 0.377 e. The lowest BCUT2D eigenvalue weighted by Crippen LogP contribution is -2.14. The SMILES string of the molecule is CCC(Nc1cc(C)nc(COC)n1)c1noc(C)n1. The molecule has 0 spiro atoms. The van der Waals surface area contributed by atoms with Crippen molar-refractivity contribution in [3.63, 3.8) is 0 Å². The molecule has 1 atom stereocenters. The van der Waals surface area contributed by atoms with Gasteiger partial charge in [0, 0.05) is 25.8 Å². The van der Waals surface area contributed by atoms with Crippen LogP contribution in [0.5, 0.6) is 0 Å². The topological polar surface area (TPSA) is 86.0 Å². The molecule has 2 heterocycles. The zero-order chi connectivity index (χ0) is 14.5. The van der Waals surface area contributed by atoms with E-state index in [9.17, 15) is 0 Å². The third-order valence-corrected chi connectivity index (χ3v) is 2.76. The van der Waals surface area contributed by atoms with Crippen LogP contribution in [0.2, 0.25) is 0 Å². The highest BCUT2D eigenvalue weighted by atomic mass is 16.5. The first-order valence-corrected chi connectivity index (χ1v) is 6.52. The summed E-state index contributed by atoms with van der Waals surface area (Å²) in [5.74, 6) is 2.57. The van der Waals surface area contributed by atoms with E-state index >= 15 is 0 Å². The molecule has 0 amide bonds. The van der Waals surface area contributed by atoms with Gasteiger partial charge in [-0.25, -0.2) is 9.97 Å². The van der Waals surface area contributed by atoms with Crippen molar-refractivity contribution >= 4 is 5.82 Å². The summed E-state index contributed by atoms with van der Waals surface area (Å²) in [6.07, 6.45) is 0.821. The van der Waals surface area contributed by atoms with Gasteiger partial charge in [0.2, 0.25) is 5.89 Å². The van der Waals surface area contributed by atoms with E-state index in [1.165, 1.54) is 0 Å². The Morgan fingerprint density at radius 2 is 2.10 bits per heavy atom. The monoisotopic (exact) mass is 277 g/mol. The number of hydrogen-bond acceptors (Lipinski definition) is 7. The van der Waals surface area contributed by atoms with Crippen LogP contribution in [0.25, 0.3) is 0 Å². The van der Waals surface area contributed by atoms with E-state index in [1.807, 2.05) is 19.9 Å². The van der Waals surface area contributed by atoms with Gasteiger partial charge < -0.3 is 14.6 Å². The van der Waals surface area contributed by atoms with E-state index in [-0.39, 0.29) is 6.04 Å². The highest BCUT2D eigenvalue weighted by Gasteiger charge is 2.16. The van der Waals surface area contributed by atoms with Crippen molar-refractivity contribution in [2.24, 2.45) is 0 Å². The lowest BCUT2D eigenvalue weighted by atomic mass is 10.2. The van der Waals surface area contributed by atoms with E-state index < -0.39 is 0 Å². The Morgan fingerprint density at radius 1 is 1.30 bits per heavy atom. The molecule has 20 heavy (non-hydrogen) atoms.